The van der Waals surface area contributed by atoms with Gasteiger partial charge >= 0.3 is 5.97 Å². The Morgan fingerprint density at radius 2 is 1.86 bits per heavy atom. The van der Waals surface area contributed by atoms with E-state index in [0.717, 1.165) is 5.56 Å². The second-order valence-electron chi connectivity index (χ2n) is 8.35. The van der Waals surface area contributed by atoms with E-state index in [1.165, 1.54) is 6.07 Å². The molecule has 196 valence electrons. The van der Waals surface area contributed by atoms with Gasteiger partial charge in [0.15, 0.2) is 0 Å². The molecule has 1 amide bonds. The number of rotatable bonds is 10. The topological polar surface area (TPSA) is 175 Å². The zero-order valence-corrected chi connectivity index (χ0v) is 21.4. The van der Waals surface area contributed by atoms with Crippen molar-refractivity contribution < 1.29 is 28.0 Å². The molecule has 2 aromatic carbocycles. The van der Waals surface area contributed by atoms with Crippen molar-refractivity contribution >= 4 is 40.1 Å². The van der Waals surface area contributed by atoms with Crippen molar-refractivity contribution in [3.8, 4) is 0 Å². The molecule has 1 fully saturated rings. The fraction of sp³-hybridized carbons (Fsp3) is 0.348. The van der Waals surface area contributed by atoms with Crippen molar-refractivity contribution in [3.63, 3.8) is 0 Å². The Morgan fingerprint density at radius 1 is 1.22 bits per heavy atom. The normalized spacial score (nSPS) is 18.7. The van der Waals surface area contributed by atoms with E-state index in [1.54, 1.807) is 49.4 Å². The Labute approximate surface area is 215 Å². The molecule has 0 spiro atoms. The number of halogens is 1. The maximum Gasteiger partial charge on any atom is 0.323 e. The maximum atomic E-state index is 12.6. The van der Waals surface area contributed by atoms with Crippen molar-refractivity contribution in [3.05, 3.63) is 65.2 Å². The predicted octanol–water partition coefficient (Wildman–Crippen LogP) is 1.32. The van der Waals surface area contributed by atoms with Crippen LogP contribution in [0.5, 0.6) is 0 Å². The maximum absolute atomic E-state index is 12.6. The molecule has 0 aromatic heterocycles. The first-order chi connectivity index (χ1) is 16.5. The third-order valence-corrected chi connectivity index (χ3v) is 7.37. The molecule has 0 unspecified atom stereocenters. The molecule has 1 saturated heterocycles. The number of aliphatic carboxylic acids is 1. The summed E-state index contributed by atoms with van der Waals surface area (Å²) in [6.07, 6.45) is 0.0546. The van der Waals surface area contributed by atoms with Gasteiger partial charge in [0.25, 0.3) is 0 Å². The lowest BCUT2D eigenvalue weighted by Crippen LogP contribution is -2.48. The molecule has 6 N–H and O–H groups in total. The summed E-state index contributed by atoms with van der Waals surface area (Å²) in [6, 6.07) is 11.8. The summed E-state index contributed by atoms with van der Waals surface area (Å²) in [7, 11) is -2.34. The number of amides is 1. The molecule has 1 aliphatic heterocycles. The summed E-state index contributed by atoms with van der Waals surface area (Å²) < 4.78 is 27.4. The van der Waals surface area contributed by atoms with Gasteiger partial charge in [0.05, 0.1) is 23.5 Å². The molecule has 0 bridgehead atoms. The molecule has 11 nitrogen and oxygen atoms in total. The number of nitrogen functional groups attached to an aromatic ring is 1. The first-order valence-electron chi connectivity index (χ1n) is 10.9. The minimum atomic E-state index is -4.09. The van der Waals surface area contributed by atoms with E-state index in [9.17, 15) is 23.1 Å². The zero-order chi connectivity index (χ0) is 25.8. The highest BCUT2D eigenvalue weighted by Crippen LogP contribution is 2.34. The van der Waals surface area contributed by atoms with Crippen molar-refractivity contribution in [1.29, 1.82) is 5.41 Å². The summed E-state index contributed by atoms with van der Waals surface area (Å²) in [5.74, 6) is -1.89. The van der Waals surface area contributed by atoms with Crippen LogP contribution in [0.4, 0.5) is 0 Å². The number of nitrogens with zero attached hydrogens (tertiary/aromatic N) is 1. The average Bonchev–Trinajstić information content (AvgIpc) is 3.16. The fourth-order valence-electron chi connectivity index (χ4n) is 3.88. The van der Waals surface area contributed by atoms with Gasteiger partial charge in [-0.15, -0.1) is 12.4 Å². The van der Waals surface area contributed by atoms with Crippen LogP contribution >= 0.6 is 12.4 Å². The lowest BCUT2D eigenvalue weighted by atomic mass is 9.99. The summed E-state index contributed by atoms with van der Waals surface area (Å²) in [6.45, 7) is 1.19. The lowest BCUT2D eigenvalue weighted by molar-refractivity contribution is -0.152. The number of hydroxylamine groups is 2. The molecular formula is C23H30ClN5O6S. The third kappa shape index (κ3) is 7.24. The number of amidine groups is 1. The standard InChI is InChI=1S/C23H29N5O6S.ClH/c1-14-5-3-4-6-20(14)35(32,33)27-18(23(30)31)13-26-21(29)12-17-11-19(28(2)34-17)15-7-9-16(10-8-15)22(24)25;/h3-10,17-19,27H,11-13H2,1-2H3,(H3,24,25)(H,26,29)(H,30,31);1H/t17-,18-,19+;/m0./s1. The van der Waals surface area contributed by atoms with Crippen LogP contribution in [0.3, 0.4) is 0 Å². The molecule has 1 heterocycles. The van der Waals surface area contributed by atoms with Crippen LogP contribution in [0.15, 0.2) is 53.4 Å². The molecule has 36 heavy (non-hydrogen) atoms. The smallest absolute Gasteiger partial charge is 0.323 e. The number of nitrogens with one attached hydrogen (secondary N) is 3. The number of carbonyl (C=O) groups excluding carboxylic acids is 1. The number of hydrogen-bond donors (Lipinski definition) is 5. The van der Waals surface area contributed by atoms with Crippen LogP contribution in [0.25, 0.3) is 0 Å². The van der Waals surface area contributed by atoms with Crippen LogP contribution in [-0.4, -0.2) is 62.0 Å². The fourth-order valence-corrected chi connectivity index (χ4v) is 5.32. The van der Waals surface area contributed by atoms with Crippen LogP contribution < -0.4 is 15.8 Å². The Morgan fingerprint density at radius 3 is 2.44 bits per heavy atom. The summed E-state index contributed by atoms with van der Waals surface area (Å²) in [5, 5.41) is 21.1. The molecule has 3 rings (SSSR count). The highest BCUT2D eigenvalue weighted by atomic mass is 35.5. The quantitative estimate of drug-likeness (QED) is 0.222. The number of carboxylic acid groups (broad SMARTS) is 1. The van der Waals surface area contributed by atoms with Gasteiger partial charge in [-0.2, -0.15) is 9.79 Å². The van der Waals surface area contributed by atoms with Crippen molar-refractivity contribution in [1.82, 2.24) is 15.1 Å². The average molecular weight is 540 g/mol. The van der Waals surface area contributed by atoms with Gasteiger partial charge in [0, 0.05) is 19.2 Å². The van der Waals surface area contributed by atoms with E-state index >= 15 is 0 Å². The van der Waals surface area contributed by atoms with E-state index in [2.05, 4.69) is 10.0 Å². The predicted molar refractivity (Wildman–Crippen MR) is 135 cm³/mol. The van der Waals surface area contributed by atoms with Gasteiger partial charge in [0.1, 0.15) is 11.9 Å². The SMILES string of the molecule is Cc1ccccc1S(=O)(=O)N[C@@H](CNC(=O)C[C@@H]1C[C@H](c2ccc(C(=N)N)cc2)N(C)O1)C(=O)O.Cl. The Kier molecular flexibility index (Phi) is 9.96. The molecular weight excluding hydrogens is 510 g/mol. The number of nitrogens with two attached hydrogens (primary N) is 1. The van der Waals surface area contributed by atoms with E-state index < -0.39 is 40.6 Å². The monoisotopic (exact) mass is 539 g/mol. The van der Waals surface area contributed by atoms with Crippen LogP contribution in [0, 0.1) is 12.3 Å². The molecule has 1 aliphatic rings. The first kappa shape index (κ1) is 29.2. The van der Waals surface area contributed by atoms with Gasteiger partial charge < -0.3 is 16.2 Å². The zero-order valence-electron chi connectivity index (χ0n) is 19.8. The first-order valence-corrected chi connectivity index (χ1v) is 12.4. The molecule has 0 saturated carbocycles. The second-order valence-corrected chi connectivity index (χ2v) is 10.0. The minimum absolute atomic E-state index is 0. The molecule has 0 aliphatic carbocycles. The van der Waals surface area contributed by atoms with E-state index in [-0.39, 0.29) is 35.6 Å². The van der Waals surface area contributed by atoms with Crippen molar-refractivity contribution in [2.75, 3.05) is 13.6 Å². The highest BCUT2D eigenvalue weighted by Gasteiger charge is 2.34. The minimum Gasteiger partial charge on any atom is -0.480 e. The third-order valence-electron chi connectivity index (χ3n) is 5.74. The Hall–Kier alpha value is -3.03. The van der Waals surface area contributed by atoms with Gasteiger partial charge in [-0.05, 0) is 30.5 Å². The number of benzene rings is 2. The van der Waals surface area contributed by atoms with Crippen LogP contribution in [-0.2, 0) is 24.4 Å². The van der Waals surface area contributed by atoms with Crippen LogP contribution in [0.2, 0.25) is 0 Å². The highest BCUT2D eigenvalue weighted by molar-refractivity contribution is 7.89. The van der Waals surface area contributed by atoms with Crippen molar-refractivity contribution in [2.24, 2.45) is 5.73 Å². The van der Waals surface area contributed by atoms with Crippen molar-refractivity contribution in [2.45, 2.75) is 42.8 Å². The molecule has 2 aromatic rings. The largest absolute Gasteiger partial charge is 0.480 e. The van der Waals surface area contributed by atoms with E-state index in [1.807, 2.05) is 12.1 Å². The van der Waals surface area contributed by atoms with Gasteiger partial charge in [-0.25, -0.2) is 8.42 Å². The van der Waals surface area contributed by atoms with Gasteiger partial charge in [-0.3, -0.25) is 19.8 Å². The molecule has 13 heteroatoms. The number of sulfonamides is 1. The summed E-state index contributed by atoms with van der Waals surface area (Å²) in [5.41, 5.74) is 7.51. The Balaban J connectivity index is 0.00000456. The Bertz CT molecular complexity index is 1210. The second kappa shape index (κ2) is 12.3. The number of aryl methyl sites for hydroxylation is 1. The summed E-state index contributed by atoms with van der Waals surface area (Å²) >= 11 is 0. The number of hydrogen-bond acceptors (Lipinski definition) is 7. The van der Waals surface area contributed by atoms with E-state index in [4.69, 9.17) is 16.0 Å². The lowest BCUT2D eigenvalue weighted by Gasteiger charge is -2.18. The van der Waals surface area contributed by atoms with Crippen LogP contribution in [0.1, 0.15) is 35.6 Å². The van der Waals surface area contributed by atoms with Gasteiger partial charge in [-0.1, -0.05) is 42.5 Å². The molecule has 0 radical (unpaired) electrons. The van der Waals surface area contributed by atoms with Gasteiger partial charge in [0.2, 0.25) is 15.9 Å². The summed E-state index contributed by atoms with van der Waals surface area (Å²) in [4.78, 5) is 29.8. The number of carboxylic acids is 1. The molecule has 3 atom stereocenters. The van der Waals surface area contributed by atoms with E-state index in [0.29, 0.717) is 17.5 Å². The number of carbonyl (C=O) groups is 2.